The molecule has 2 aromatic rings. The van der Waals surface area contributed by atoms with Crippen molar-refractivity contribution < 1.29 is 26.4 Å². The minimum Gasteiger partial charge on any atom is -0.348 e. The van der Waals surface area contributed by atoms with Crippen molar-refractivity contribution in [2.75, 3.05) is 31.9 Å². The molecular formula is C25H29ClF3N3O3S. The summed E-state index contributed by atoms with van der Waals surface area (Å²) in [6.45, 7) is 4.27. The van der Waals surface area contributed by atoms with E-state index in [1.807, 2.05) is 4.90 Å². The van der Waals surface area contributed by atoms with Crippen LogP contribution < -0.4 is 10.6 Å². The number of carbonyl (C=O) groups is 1. The summed E-state index contributed by atoms with van der Waals surface area (Å²) < 4.78 is 67.4. The van der Waals surface area contributed by atoms with Crippen LogP contribution in [0.4, 0.5) is 13.2 Å². The van der Waals surface area contributed by atoms with E-state index in [1.54, 1.807) is 6.07 Å². The van der Waals surface area contributed by atoms with Crippen LogP contribution in [0.5, 0.6) is 0 Å². The highest BCUT2D eigenvalue weighted by atomic mass is 35.5. The molecule has 0 atom stereocenters. The third kappa shape index (κ3) is 6.22. The lowest BCUT2D eigenvalue weighted by Gasteiger charge is -2.29. The third-order valence-corrected chi connectivity index (χ3v) is 8.70. The van der Waals surface area contributed by atoms with Crippen molar-refractivity contribution in [3.63, 3.8) is 0 Å². The normalized spacial score (nSPS) is 17.2. The van der Waals surface area contributed by atoms with Crippen molar-refractivity contribution in [3.8, 4) is 0 Å². The van der Waals surface area contributed by atoms with Crippen molar-refractivity contribution in [3.05, 3.63) is 63.2 Å². The van der Waals surface area contributed by atoms with Gasteiger partial charge in [0.1, 0.15) is 0 Å². The molecule has 1 amide bonds. The van der Waals surface area contributed by atoms with Gasteiger partial charge in [-0.2, -0.15) is 13.2 Å². The van der Waals surface area contributed by atoms with Crippen LogP contribution >= 0.6 is 11.6 Å². The first-order chi connectivity index (χ1) is 17.0. The van der Waals surface area contributed by atoms with E-state index in [-0.39, 0.29) is 46.3 Å². The average Bonchev–Trinajstić information content (AvgIpc) is 3.68. The zero-order valence-electron chi connectivity index (χ0n) is 19.9. The first kappa shape index (κ1) is 26.9. The molecule has 1 saturated carbocycles. The Morgan fingerprint density at radius 3 is 2.47 bits per heavy atom. The summed E-state index contributed by atoms with van der Waals surface area (Å²) in [4.78, 5) is 15.1. The average molecular weight is 544 g/mol. The van der Waals surface area contributed by atoms with Crippen LogP contribution in [0.2, 0.25) is 5.02 Å². The number of rotatable bonds is 8. The Morgan fingerprint density at radius 1 is 1.17 bits per heavy atom. The quantitative estimate of drug-likeness (QED) is 0.517. The second-order valence-corrected chi connectivity index (χ2v) is 11.9. The molecule has 6 nitrogen and oxygen atoms in total. The fourth-order valence-electron chi connectivity index (χ4n) is 4.53. The van der Waals surface area contributed by atoms with E-state index in [2.05, 4.69) is 10.6 Å². The first-order valence-corrected chi connectivity index (χ1v) is 14.0. The predicted molar refractivity (Wildman–Crippen MR) is 132 cm³/mol. The summed E-state index contributed by atoms with van der Waals surface area (Å²) in [6, 6.07) is 6.75. The van der Waals surface area contributed by atoms with Gasteiger partial charge < -0.3 is 10.6 Å². The van der Waals surface area contributed by atoms with E-state index in [9.17, 15) is 26.4 Å². The van der Waals surface area contributed by atoms with E-state index in [0.29, 0.717) is 23.7 Å². The van der Waals surface area contributed by atoms with Crippen LogP contribution in [0, 0.1) is 0 Å². The number of hydrogen-bond acceptors (Lipinski definition) is 5. The highest BCUT2D eigenvalue weighted by Gasteiger charge is 2.38. The summed E-state index contributed by atoms with van der Waals surface area (Å²) in [7, 11) is -3.58. The molecule has 2 fully saturated rings. The molecule has 36 heavy (non-hydrogen) atoms. The second kappa shape index (κ2) is 10.7. The molecule has 1 heterocycles. The van der Waals surface area contributed by atoms with E-state index < -0.39 is 27.5 Å². The number of amides is 1. The van der Waals surface area contributed by atoms with Crippen LogP contribution in [-0.4, -0.2) is 51.2 Å². The predicted octanol–water partition coefficient (Wildman–Crippen LogP) is 4.37. The minimum atomic E-state index is -4.61. The Labute approximate surface area is 214 Å². The van der Waals surface area contributed by atoms with Crippen LogP contribution in [-0.2, 0) is 29.1 Å². The number of sulfone groups is 1. The molecule has 2 aromatic carbocycles. The van der Waals surface area contributed by atoms with Gasteiger partial charge in [0.15, 0.2) is 9.84 Å². The molecule has 2 aliphatic rings. The van der Waals surface area contributed by atoms with Gasteiger partial charge in [-0.3, -0.25) is 9.69 Å². The van der Waals surface area contributed by atoms with Gasteiger partial charge >= 0.3 is 6.18 Å². The summed E-state index contributed by atoms with van der Waals surface area (Å²) in [5, 5.41) is 6.09. The maximum atomic E-state index is 14.2. The van der Waals surface area contributed by atoms with Gasteiger partial charge in [0.05, 0.1) is 16.2 Å². The van der Waals surface area contributed by atoms with Crippen molar-refractivity contribution in [1.29, 1.82) is 0 Å². The molecule has 11 heteroatoms. The number of piperazine rings is 1. The topological polar surface area (TPSA) is 78.5 Å². The first-order valence-electron chi connectivity index (χ1n) is 12.0. The molecule has 1 saturated heterocycles. The lowest BCUT2D eigenvalue weighted by molar-refractivity contribution is -0.138. The maximum absolute atomic E-state index is 14.2. The van der Waals surface area contributed by atoms with Crippen molar-refractivity contribution in [2.45, 2.75) is 49.8 Å². The standard InChI is InChI=1S/C25H29ClF3N3O3S/c1-2-36(34,35)23-6-5-19(26)11-18(23)14-31-24(33)17-12-20(16-3-4-16)21(22(13-17)25(27,28)29)15-32-9-7-30-8-10-32/h5-6,11-13,16,30H,2-4,7-10,14-15H2,1H3,(H,31,33). The van der Waals surface area contributed by atoms with Crippen molar-refractivity contribution in [2.24, 2.45) is 0 Å². The van der Waals surface area contributed by atoms with Gasteiger partial charge in [0.2, 0.25) is 0 Å². The molecule has 0 bridgehead atoms. The molecule has 196 valence electrons. The largest absolute Gasteiger partial charge is 0.416 e. The van der Waals surface area contributed by atoms with Gasteiger partial charge in [-0.25, -0.2) is 8.42 Å². The molecule has 1 aliphatic heterocycles. The van der Waals surface area contributed by atoms with E-state index in [0.717, 1.165) is 32.0 Å². The van der Waals surface area contributed by atoms with Gasteiger partial charge in [0.25, 0.3) is 5.91 Å². The molecule has 0 spiro atoms. The Hall–Kier alpha value is -2.14. The van der Waals surface area contributed by atoms with Crippen LogP contribution in [0.1, 0.15) is 58.3 Å². The number of halogens is 4. The lowest BCUT2D eigenvalue weighted by atomic mass is 9.93. The summed E-state index contributed by atoms with van der Waals surface area (Å²) in [6.07, 6.45) is -3.03. The Kier molecular flexibility index (Phi) is 7.99. The van der Waals surface area contributed by atoms with Crippen LogP contribution in [0.15, 0.2) is 35.2 Å². The molecule has 0 unspecified atom stereocenters. The van der Waals surface area contributed by atoms with Crippen LogP contribution in [0.3, 0.4) is 0 Å². The van der Waals surface area contributed by atoms with Gasteiger partial charge in [-0.05, 0) is 65.8 Å². The van der Waals surface area contributed by atoms with E-state index in [1.165, 1.54) is 25.1 Å². The van der Waals surface area contributed by atoms with Gasteiger partial charge in [-0.1, -0.05) is 18.5 Å². The maximum Gasteiger partial charge on any atom is 0.416 e. The number of alkyl halides is 3. The highest BCUT2D eigenvalue weighted by Crippen LogP contribution is 2.46. The number of nitrogens with zero attached hydrogens (tertiary/aromatic N) is 1. The van der Waals surface area contributed by atoms with Crippen molar-refractivity contribution >= 4 is 27.3 Å². The Bertz CT molecular complexity index is 1240. The molecule has 4 rings (SSSR count). The summed E-state index contributed by atoms with van der Waals surface area (Å²) >= 11 is 6.03. The number of hydrogen-bond donors (Lipinski definition) is 2. The second-order valence-electron chi connectivity index (χ2n) is 9.23. The minimum absolute atomic E-state index is 0.00555. The monoisotopic (exact) mass is 543 g/mol. The smallest absolute Gasteiger partial charge is 0.348 e. The van der Waals surface area contributed by atoms with E-state index >= 15 is 0 Å². The zero-order valence-corrected chi connectivity index (χ0v) is 21.5. The van der Waals surface area contributed by atoms with Crippen LogP contribution in [0.25, 0.3) is 0 Å². The zero-order chi connectivity index (χ0) is 26.1. The fraction of sp³-hybridized carbons (Fsp3) is 0.480. The molecule has 0 radical (unpaired) electrons. The highest BCUT2D eigenvalue weighted by molar-refractivity contribution is 7.91. The number of nitrogens with one attached hydrogen (secondary N) is 2. The van der Waals surface area contributed by atoms with Gasteiger partial charge in [-0.15, -0.1) is 0 Å². The Balaban J connectivity index is 1.64. The van der Waals surface area contributed by atoms with E-state index in [4.69, 9.17) is 11.6 Å². The number of benzene rings is 2. The molecule has 0 aromatic heterocycles. The SMILES string of the molecule is CCS(=O)(=O)c1ccc(Cl)cc1CNC(=O)c1cc(C2CC2)c(CN2CCNCC2)c(C(F)(F)F)c1. The third-order valence-electron chi connectivity index (χ3n) is 6.64. The molecule has 2 N–H and O–H groups in total. The lowest BCUT2D eigenvalue weighted by Crippen LogP contribution is -2.43. The summed E-state index contributed by atoms with van der Waals surface area (Å²) in [5.74, 6) is -0.828. The number of carbonyl (C=O) groups excluding carboxylic acids is 1. The fourth-order valence-corrected chi connectivity index (χ4v) is 5.84. The molecular weight excluding hydrogens is 515 g/mol. The van der Waals surface area contributed by atoms with Crippen molar-refractivity contribution in [1.82, 2.24) is 15.5 Å². The Morgan fingerprint density at radius 2 is 1.86 bits per heavy atom. The van der Waals surface area contributed by atoms with Gasteiger partial charge in [0, 0.05) is 49.9 Å². The molecule has 1 aliphatic carbocycles. The summed E-state index contributed by atoms with van der Waals surface area (Å²) in [5.41, 5.74) is 0.231.